The highest BCUT2D eigenvalue weighted by Crippen LogP contribution is 2.31. The molecule has 1 amide bonds. The number of rotatable bonds is 4. The average molecular weight is 352 g/mol. The predicted molar refractivity (Wildman–Crippen MR) is 103 cm³/mol. The van der Waals surface area contributed by atoms with E-state index in [9.17, 15) is 14.7 Å². The number of amides is 1. The number of nitrogens with one attached hydrogen (secondary N) is 1. The van der Waals surface area contributed by atoms with Crippen LogP contribution in [0.25, 0.3) is 0 Å². The number of hydrogen-bond acceptors (Lipinski definition) is 3. The zero-order chi connectivity index (χ0) is 18.7. The number of carboxylic acids is 1. The number of aromatic carboxylic acids is 1. The molecular weight excluding hydrogens is 328 g/mol. The van der Waals surface area contributed by atoms with Gasteiger partial charge in [-0.25, -0.2) is 4.79 Å². The monoisotopic (exact) mass is 352 g/mol. The summed E-state index contributed by atoms with van der Waals surface area (Å²) in [6.07, 6.45) is 2.28. The minimum atomic E-state index is -1.00. The Morgan fingerprint density at radius 3 is 2.65 bits per heavy atom. The van der Waals surface area contributed by atoms with Crippen LogP contribution in [-0.2, 0) is 0 Å². The van der Waals surface area contributed by atoms with Crippen LogP contribution in [0.3, 0.4) is 0 Å². The Kier molecular flexibility index (Phi) is 5.26. The molecule has 2 aromatic carbocycles. The zero-order valence-corrected chi connectivity index (χ0v) is 15.2. The van der Waals surface area contributed by atoms with Crippen molar-refractivity contribution in [1.29, 1.82) is 0 Å². The molecule has 0 radical (unpaired) electrons. The molecule has 26 heavy (non-hydrogen) atoms. The number of anilines is 2. The van der Waals surface area contributed by atoms with Gasteiger partial charge in [0.1, 0.15) is 0 Å². The van der Waals surface area contributed by atoms with Crippen LogP contribution in [0.4, 0.5) is 11.4 Å². The number of benzene rings is 2. The molecule has 2 aromatic rings. The largest absolute Gasteiger partial charge is 0.478 e. The second-order valence-corrected chi connectivity index (χ2v) is 7.00. The van der Waals surface area contributed by atoms with Crippen molar-refractivity contribution < 1.29 is 14.7 Å². The number of piperidine rings is 1. The van der Waals surface area contributed by atoms with E-state index in [1.807, 2.05) is 25.1 Å². The molecule has 1 aliphatic heterocycles. The Labute approximate surface area is 153 Å². The van der Waals surface area contributed by atoms with Gasteiger partial charge in [-0.15, -0.1) is 0 Å². The lowest BCUT2D eigenvalue weighted by Gasteiger charge is -2.34. The Morgan fingerprint density at radius 2 is 1.96 bits per heavy atom. The summed E-state index contributed by atoms with van der Waals surface area (Å²) in [5, 5.41) is 12.3. The summed E-state index contributed by atoms with van der Waals surface area (Å²) in [5.74, 6) is -0.658. The first kappa shape index (κ1) is 18.0. The molecule has 0 bridgehead atoms. The van der Waals surface area contributed by atoms with Crippen molar-refractivity contribution >= 4 is 23.3 Å². The Balaban J connectivity index is 1.95. The van der Waals surface area contributed by atoms with Crippen molar-refractivity contribution in [3.05, 3.63) is 59.2 Å². The van der Waals surface area contributed by atoms with E-state index in [0.29, 0.717) is 17.2 Å². The molecule has 3 rings (SSSR count). The Morgan fingerprint density at radius 1 is 1.19 bits per heavy atom. The van der Waals surface area contributed by atoms with Crippen molar-refractivity contribution in [2.45, 2.75) is 26.7 Å². The van der Waals surface area contributed by atoms with Gasteiger partial charge in [-0.1, -0.05) is 25.1 Å². The number of carboxylic acid groups (broad SMARTS) is 1. The van der Waals surface area contributed by atoms with Crippen LogP contribution in [0.1, 0.15) is 46.0 Å². The molecule has 0 saturated carbocycles. The van der Waals surface area contributed by atoms with Gasteiger partial charge >= 0.3 is 5.97 Å². The summed E-state index contributed by atoms with van der Waals surface area (Å²) >= 11 is 0. The Hall–Kier alpha value is -2.82. The van der Waals surface area contributed by atoms with Crippen LogP contribution in [0.15, 0.2) is 42.5 Å². The van der Waals surface area contributed by atoms with Gasteiger partial charge in [0.25, 0.3) is 5.91 Å². The number of nitrogens with zero attached hydrogens (tertiary/aromatic N) is 1. The van der Waals surface area contributed by atoms with Gasteiger partial charge in [0, 0.05) is 18.7 Å². The predicted octanol–water partition coefficient (Wildman–Crippen LogP) is 4.18. The summed E-state index contributed by atoms with van der Waals surface area (Å²) in [6, 6.07) is 12.3. The molecule has 2 N–H and O–H groups in total. The van der Waals surface area contributed by atoms with Crippen LogP contribution in [0.2, 0.25) is 0 Å². The molecule has 1 atom stereocenters. The second-order valence-electron chi connectivity index (χ2n) is 7.00. The van der Waals surface area contributed by atoms with Gasteiger partial charge in [-0.2, -0.15) is 0 Å². The molecule has 0 spiro atoms. The summed E-state index contributed by atoms with van der Waals surface area (Å²) in [4.78, 5) is 26.3. The first-order valence-corrected chi connectivity index (χ1v) is 8.95. The lowest BCUT2D eigenvalue weighted by molar-refractivity contribution is 0.0696. The first-order valence-electron chi connectivity index (χ1n) is 8.95. The molecule has 136 valence electrons. The number of hydrogen-bond donors (Lipinski definition) is 2. The fourth-order valence-electron chi connectivity index (χ4n) is 3.47. The smallest absolute Gasteiger partial charge is 0.335 e. The maximum absolute atomic E-state index is 12.7. The van der Waals surface area contributed by atoms with Crippen LogP contribution in [-0.4, -0.2) is 30.1 Å². The second kappa shape index (κ2) is 7.60. The van der Waals surface area contributed by atoms with Crippen molar-refractivity contribution in [1.82, 2.24) is 0 Å². The first-order chi connectivity index (χ1) is 12.5. The van der Waals surface area contributed by atoms with Gasteiger partial charge in [0.15, 0.2) is 0 Å². The fraction of sp³-hybridized carbons (Fsp3) is 0.333. The van der Waals surface area contributed by atoms with Crippen molar-refractivity contribution in [3.8, 4) is 0 Å². The highest BCUT2D eigenvalue weighted by Gasteiger charge is 2.21. The molecule has 5 nitrogen and oxygen atoms in total. The molecule has 0 aromatic heterocycles. The van der Waals surface area contributed by atoms with E-state index < -0.39 is 5.97 Å². The third-order valence-corrected chi connectivity index (χ3v) is 4.88. The number of carbonyl (C=O) groups is 2. The summed E-state index contributed by atoms with van der Waals surface area (Å²) in [7, 11) is 0. The minimum absolute atomic E-state index is 0.166. The van der Waals surface area contributed by atoms with E-state index in [0.717, 1.165) is 30.8 Å². The topological polar surface area (TPSA) is 69.6 Å². The third kappa shape index (κ3) is 3.87. The third-order valence-electron chi connectivity index (χ3n) is 4.88. The van der Waals surface area contributed by atoms with Crippen molar-refractivity contribution in [2.75, 3.05) is 23.3 Å². The van der Waals surface area contributed by atoms with Gasteiger partial charge in [0.2, 0.25) is 0 Å². The normalized spacial score (nSPS) is 17.0. The molecule has 1 saturated heterocycles. The maximum atomic E-state index is 12.7. The van der Waals surface area contributed by atoms with Crippen molar-refractivity contribution in [3.63, 3.8) is 0 Å². The fourth-order valence-corrected chi connectivity index (χ4v) is 3.47. The average Bonchev–Trinajstić information content (AvgIpc) is 2.62. The van der Waals surface area contributed by atoms with Crippen LogP contribution in [0, 0.1) is 12.8 Å². The van der Waals surface area contributed by atoms with E-state index in [1.165, 1.54) is 6.42 Å². The molecule has 1 fully saturated rings. The maximum Gasteiger partial charge on any atom is 0.335 e. The summed E-state index contributed by atoms with van der Waals surface area (Å²) in [6.45, 7) is 5.91. The van der Waals surface area contributed by atoms with E-state index in [1.54, 1.807) is 24.3 Å². The summed E-state index contributed by atoms with van der Waals surface area (Å²) < 4.78 is 0. The quantitative estimate of drug-likeness (QED) is 0.866. The SMILES string of the molecule is Cc1ccccc1C(=O)Nc1cc(C(=O)O)ccc1N1CCC[C@@H](C)C1. The van der Waals surface area contributed by atoms with Gasteiger partial charge in [0.05, 0.1) is 16.9 Å². The standard InChI is InChI=1S/C21H24N2O3/c1-14-6-5-11-23(13-14)19-10-9-16(21(25)26)12-18(19)22-20(24)17-8-4-3-7-15(17)2/h3-4,7-10,12,14H,5-6,11,13H2,1-2H3,(H,22,24)(H,25,26)/t14-/m1/s1. The molecule has 1 aliphatic rings. The highest BCUT2D eigenvalue weighted by molar-refractivity contribution is 6.07. The number of carbonyl (C=O) groups excluding carboxylic acids is 1. The van der Waals surface area contributed by atoms with Crippen LogP contribution >= 0.6 is 0 Å². The molecule has 5 heteroatoms. The lowest BCUT2D eigenvalue weighted by Crippen LogP contribution is -2.35. The van der Waals surface area contributed by atoms with Crippen LogP contribution < -0.4 is 10.2 Å². The lowest BCUT2D eigenvalue weighted by atomic mass is 9.99. The van der Waals surface area contributed by atoms with E-state index >= 15 is 0 Å². The van der Waals surface area contributed by atoms with Crippen LogP contribution in [0.5, 0.6) is 0 Å². The van der Waals surface area contributed by atoms with Gasteiger partial charge in [-0.05, 0) is 55.5 Å². The van der Waals surface area contributed by atoms with E-state index in [4.69, 9.17) is 0 Å². The van der Waals surface area contributed by atoms with Crippen molar-refractivity contribution in [2.24, 2.45) is 5.92 Å². The van der Waals surface area contributed by atoms with Gasteiger partial charge < -0.3 is 15.3 Å². The number of aryl methyl sites for hydroxylation is 1. The molecule has 0 unspecified atom stereocenters. The molecule has 0 aliphatic carbocycles. The molecular formula is C21H24N2O3. The summed E-state index contributed by atoms with van der Waals surface area (Å²) in [5.41, 5.74) is 3.06. The molecule has 1 heterocycles. The zero-order valence-electron chi connectivity index (χ0n) is 15.2. The van der Waals surface area contributed by atoms with Gasteiger partial charge in [-0.3, -0.25) is 4.79 Å². The van der Waals surface area contributed by atoms with E-state index in [-0.39, 0.29) is 11.5 Å². The minimum Gasteiger partial charge on any atom is -0.478 e. The van der Waals surface area contributed by atoms with E-state index in [2.05, 4.69) is 17.1 Å². The Bertz CT molecular complexity index is 832. The highest BCUT2D eigenvalue weighted by atomic mass is 16.4.